The maximum atomic E-state index is 13.9. The van der Waals surface area contributed by atoms with Gasteiger partial charge in [-0.05, 0) is 43.0 Å². The SMILES string of the molecule is COc1cc(CC(NC(=O)C(C)CC(=O)CN2CCOCC2)C(=O)CC(Cc2ccccc2)C(=O)C2(C)CO2)ccc1O. The van der Waals surface area contributed by atoms with E-state index in [9.17, 15) is 24.3 Å². The van der Waals surface area contributed by atoms with E-state index in [-0.39, 0.29) is 54.7 Å². The van der Waals surface area contributed by atoms with Crippen LogP contribution in [0.2, 0.25) is 0 Å². The van der Waals surface area contributed by atoms with E-state index in [0.717, 1.165) is 5.56 Å². The summed E-state index contributed by atoms with van der Waals surface area (Å²) in [6.45, 7) is 6.47. The van der Waals surface area contributed by atoms with E-state index in [0.29, 0.717) is 44.9 Å². The third kappa shape index (κ3) is 9.19. The van der Waals surface area contributed by atoms with Crippen LogP contribution in [-0.4, -0.2) is 91.5 Å². The number of nitrogens with one attached hydrogen (secondary N) is 1. The van der Waals surface area contributed by atoms with Crippen molar-refractivity contribution in [3.63, 3.8) is 0 Å². The molecule has 0 bridgehead atoms. The Morgan fingerprint density at radius 1 is 1.02 bits per heavy atom. The van der Waals surface area contributed by atoms with E-state index >= 15 is 0 Å². The van der Waals surface area contributed by atoms with Crippen LogP contribution < -0.4 is 10.1 Å². The van der Waals surface area contributed by atoms with Crippen LogP contribution in [-0.2, 0) is 41.5 Å². The number of Topliss-reactive ketones (excluding diaryl/α,β-unsaturated/α-hetero) is 3. The molecule has 10 nitrogen and oxygen atoms in total. The van der Waals surface area contributed by atoms with Crippen molar-refractivity contribution in [2.24, 2.45) is 11.8 Å². The minimum absolute atomic E-state index is 0.0436. The topological polar surface area (TPSA) is 135 Å². The summed E-state index contributed by atoms with van der Waals surface area (Å²) in [7, 11) is 1.43. The van der Waals surface area contributed by atoms with Crippen LogP contribution >= 0.6 is 0 Å². The fourth-order valence-corrected chi connectivity index (χ4v) is 5.38. The highest BCUT2D eigenvalue weighted by molar-refractivity contribution is 5.97. The number of hydrogen-bond acceptors (Lipinski definition) is 9. The molecule has 4 rings (SSSR count). The Morgan fingerprint density at radius 3 is 2.37 bits per heavy atom. The second-order valence-corrected chi connectivity index (χ2v) is 11.7. The highest BCUT2D eigenvalue weighted by Crippen LogP contribution is 2.33. The van der Waals surface area contributed by atoms with E-state index in [1.54, 1.807) is 26.0 Å². The molecule has 43 heavy (non-hydrogen) atoms. The first-order valence-corrected chi connectivity index (χ1v) is 14.8. The highest BCUT2D eigenvalue weighted by atomic mass is 16.6. The zero-order valence-corrected chi connectivity index (χ0v) is 25.2. The van der Waals surface area contributed by atoms with E-state index < -0.39 is 29.4 Å². The third-order valence-corrected chi connectivity index (χ3v) is 8.12. The number of phenolic OH excluding ortho intramolecular Hbond substituents is 1. The van der Waals surface area contributed by atoms with Crippen LogP contribution in [0.15, 0.2) is 48.5 Å². The Morgan fingerprint density at radius 2 is 1.72 bits per heavy atom. The lowest BCUT2D eigenvalue weighted by Crippen LogP contribution is -2.46. The minimum Gasteiger partial charge on any atom is -0.504 e. The number of nitrogens with zero attached hydrogens (tertiary/aromatic N) is 1. The van der Waals surface area contributed by atoms with Crippen LogP contribution in [0.3, 0.4) is 0 Å². The van der Waals surface area contributed by atoms with Gasteiger partial charge in [-0.15, -0.1) is 0 Å². The summed E-state index contributed by atoms with van der Waals surface area (Å²) in [4.78, 5) is 55.4. The molecule has 2 saturated heterocycles. The maximum Gasteiger partial charge on any atom is 0.223 e. The van der Waals surface area contributed by atoms with Crippen LogP contribution in [0, 0.1) is 11.8 Å². The molecule has 232 valence electrons. The summed E-state index contributed by atoms with van der Waals surface area (Å²) >= 11 is 0. The number of rotatable bonds is 16. The van der Waals surface area contributed by atoms with Crippen molar-refractivity contribution in [3.05, 3.63) is 59.7 Å². The summed E-state index contributed by atoms with van der Waals surface area (Å²) in [5, 5.41) is 12.9. The van der Waals surface area contributed by atoms with Gasteiger partial charge in [0, 0.05) is 37.8 Å². The van der Waals surface area contributed by atoms with Crippen molar-refractivity contribution in [2.45, 2.75) is 51.2 Å². The smallest absolute Gasteiger partial charge is 0.223 e. The third-order valence-electron chi connectivity index (χ3n) is 8.12. The number of epoxide rings is 1. The van der Waals surface area contributed by atoms with Gasteiger partial charge >= 0.3 is 0 Å². The molecule has 2 aliphatic rings. The van der Waals surface area contributed by atoms with Crippen molar-refractivity contribution in [1.82, 2.24) is 10.2 Å². The number of carbonyl (C=O) groups is 4. The molecule has 1 amide bonds. The molecule has 0 aliphatic carbocycles. The van der Waals surface area contributed by atoms with Gasteiger partial charge in [-0.3, -0.25) is 24.1 Å². The van der Waals surface area contributed by atoms with Crippen molar-refractivity contribution in [2.75, 3.05) is 46.6 Å². The monoisotopic (exact) mass is 594 g/mol. The zero-order chi connectivity index (χ0) is 31.0. The quantitative estimate of drug-likeness (QED) is 0.281. The average molecular weight is 595 g/mol. The van der Waals surface area contributed by atoms with Gasteiger partial charge in [-0.2, -0.15) is 0 Å². The highest BCUT2D eigenvalue weighted by Gasteiger charge is 2.50. The fourth-order valence-electron chi connectivity index (χ4n) is 5.38. The van der Waals surface area contributed by atoms with Gasteiger partial charge < -0.3 is 24.6 Å². The Balaban J connectivity index is 1.49. The van der Waals surface area contributed by atoms with Gasteiger partial charge in [0.05, 0.1) is 39.5 Å². The van der Waals surface area contributed by atoms with E-state index in [2.05, 4.69) is 5.32 Å². The van der Waals surface area contributed by atoms with Gasteiger partial charge in [0.15, 0.2) is 23.1 Å². The predicted octanol–water partition coefficient (Wildman–Crippen LogP) is 2.53. The van der Waals surface area contributed by atoms with Gasteiger partial charge in [0.25, 0.3) is 0 Å². The molecule has 0 spiro atoms. The van der Waals surface area contributed by atoms with E-state index in [4.69, 9.17) is 14.2 Å². The zero-order valence-electron chi connectivity index (χ0n) is 25.2. The van der Waals surface area contributed by atoms with E-state index in [1.807, 2.05) is 35.2 Å². The maximum absolute atomic E-state index is 13.9. The molecule has 10 heteroatoms. The lowest BCUT2D eigenvalue weighted by Gasteiger charge is -2.26. The summed E-state index contributed by atoms with van der Waals surface area (Å²) in [6, 6.07) is 13.3. The molecule has 2 aromatic carbocycles. The number of phenols is 1. The number of ether oxygens (including phenoxy) is 3. The Kier molecular flexibility index (Phi) is 11.1. The summed E-state index contributed by atoms with van der Waals surface area (Å²) in [5.41, 5.74) is 0.681. The number of hydrogen-bond donors (Lipinski definition) is 2. The van der Waals surface area contributed by atoms with Crippen LogP contribution in [0.1, 0.15) is 37.8 Å². The number of aromatic hydroxyl groups is 1. The molecular weight excluding hydrogens is 552 g/mol. The number of benzene rings is 2. The Labute approximate surface area is 252 Å². The summed E-state index contributed by atoms with van der Waals surface area (Å²) in [6.07, 6.45) is 0.444. The van der Waals surface area contributed by atoms with Crippen LogP contribution in [0.4, 0.5) is 0 Å². The number of carbonyl (C=O) groups excluding carboxylic acids is 4. The lowest BCUT2D eigenvalue weighted by molar-refractivity contribution is -0.134. The molecule has 2 aliphatic heterocycles. The molecule has 0 radical (unpaired) electrons. The molecule has 4 atom stereocenters. The van der Waals surface area contributed by atoms with E-state index in [1.165, 1.54) is 13.2 Å². The van der Waals surface area contributed by atoms with Crippen LogP contribution in [0.25, 0.3) is 0 Å². The van der Waals surface area contributed by atoms with Gasteiger partial charge in [-0.1, -0.05) is 43.3 Å². The standard InChI is InChI=1S/C33H42N2O8/c1-22(15-26(36)20-35-11-13-42-14-12-35)32(40)34-27(17-24-9-10-28(37)30(18-24)41-3)29(38)19-25(31(39)33(2)21-43-33)16-23-7-5-4-6-8-23/h4-10,18,22,25,27,37H,11-17,19-21H2,1-3H3,(H,34,40). The second-order valence-electron chi connectivity index (χ2n) is 11.7. The fraction of sp³-hybridized carbons (Fsp3) is 0.515. The summed E-state index contributed by atoms with van der Waals surface area (Å²) in [5.74, 6) is -1.99. The minimum atomic E-state index is -0.961. The largest absolute Gasteiger partial charge is 0.504 e. The number of methoxy groups -OCH3 is 1. The van der Waals surface area contributed by atoms with Gasteiger partial charge in [0.2, 0.25) is 5.91 Å². The lowest BCUT2D eigenvalue weighted by atomic mass is 9.83. The first kappa shape index (κ1) is 32.3. The van der Waals surface area contributed by atoms with Crippen molar-refractivity contribution >= 4 is 23.3 Å². The molecule has 2 fully saturated rings. The van der Waals surface area contributed by atoms with Crippen molar-refractivity contribution < 1.29 is 38.5 Å². The second kappa shape index (κ2) is 14.7. The Bertz CT molecular complexity index is 1290. The Hall–Kier alpha value is -3.60. The normalized spacial score (nSPS) is 20.4. The first-order chi connectivity index (χ1) is 20.6. The molecule has 0 aromatic heterocycles. The van der Waals surface area contributed by atoms with Gasteiger partial charge in [0.1, 0.15) is 11.4 Å². The average Bonchev–Trinajstić information content (AvgIpc) is 3.76. The van der Waals surface area contributed by atoms with Crippen LogP contribution in [0.5, 0.6) is 11.5 Å². The molecule has 0 saturated carbocycles. The predicted molar refractivity (Wildman–Crippen MR) is 159 cm³/mol. The number of ketones is 3. The number of morpholine rings is 1. The first-order valence-electron chi connectivity index (χ1n) is 14.8. The summed E-state index contributed by atoms with van der Waals surface area (Å²) < 4.78 is 16.0. The number of amides is 1. The van der Waals surface area contributed by atoms with Crippen molar-refractivity contribution in [3.8, 4) is 11.5 Å². The molecular formula is C33H42N2O8. The molecule has 2 N–H and O–H groups in total. The van der Waals surface area contributed by atoms with Gasteiger partial charge in [-0.25, -0.2) is 0 Å². The molecule has 2 heterocycles. The van der Waals surface area contributed by atoms with Crippen molar-refractivity contribution in [1.29, 1.82) is 0 Å². The molecule has 4 unspecified atom stereocenters. The molecule has 2 aromatic rings.